The minimum Gasteiger partial charge on any atom is -0.473 e. The lowest BCUT2D eigenvalue weighted by Gasteiger charge is -2.14. The lowest BCUT2D eigenvalue weighted by atomic mass is 10.2. The Morgan fingerprint density at radius 3 is 2.96 bits per heavy atom. The van der Waals surface area contributed by atoms with Crippen LogP contribution < -0.4 is 19.5 Å². The van der Waals surface area contributed by atoms with Gasteiger partial charge >= 0.3 is 5.82 Å². The Bertz CT molecular complexity index is 795. The number of carbonyl (C=O) groups excluding carboxylic acids is 1. The van der Waals surface area contributed by atoms with E-state index < -0.39 is 22.8 Å². The summed E-state index contributed by atoms with van der Waals surface area (Å²) in [5.41, 5.74) is 0.500. The number of hydrogen-bond donors (Lipinski definition) is 1. The summed E-state index contributed by atoms with van der Waals surface area (Å²) in [6, 6.07) is 7.83. The van der Waals surface area contributed by atoms with Gasteiger partial charge in [-0.3, -0.25) is 4.79 Å². The molecule has 1 atom stereocenters. The summed E-state index contributed by atoms with van der Waals surface area (Å²) in [4.78, 5) is 26.1. The van der Waals surface area contributed by atoms with Gasteiger partial charge in [0.25, 0.3) is 5.91 Å². The van der Waals surface area contributed by atoms with Gasteiger partial charge in [-0.1, -0.05) is 0 Å². The molecule has 2 heterocycles. The van der Waals surface area contributed by atoms with Crippen molar-refractivity contribution in [3.8, 4) is 17.2 Å². The van der Waals surface area contributed by atoms with E-state index in [0.717, 1.165) is 0 Å². The number of hydrogen-bond acceptors (Lipinski definition) is 7. The number of nitrogens with zero attached hydrogens (tertiary/aromatic N) is 2. The Morgan fingerprint density at radius 1 is 1.38 bits per heavy atom. The average Bonchev–Trinajstić information content (AvgIpc) is 3.02. The molecular weight excluding hydrogens is 318 g/mol. The standard InChI is InChI=1S/C15H13N3O6/c1-9(24-12-3-2-6-16-14(12)18(20)21)15(19)17-10-4-5-11-13(7-10)23-8-22-11/h2-7,9H,8H2,1H3,(H,17,19)/t9-/m1/s1. The Labute approximate surface area is 136 Å². The maximum absolute atomic E-state index is 12.2. The summed E-state index contributed by atoms with van der Waals surface area (Å²) in [6.07, 6.45) is 0.320. The van der Waals surface area contributed by atoms with Crippen molar-refractivity contribution in [3.05, 3.63) is 46.6 Å². The fourth-order valence-corrected chi connectivity index (χ4v) is 2.07. The molecule has 9 nitrogen and oxygen atoms in total. The zero-order valence-corrected chi connectivity index (χ0v) is 12.6. The zero-order valence-electron chi connectivity index (χ0n) is 12.6. The highest BCUT2D eigenvalue weighted by Gasteiger charge is 2.22. The number of amides is 1. The molecule has 0 saturated carbocycles. The van der Waals surface area contributed by atoms with E-state index in [4.69, 9.17) is 14.2 Å². The number of anilines is 1. The Morgan fingerprint density at radius 2 is 2.17 bits per heavy atom. The van der Waals surface area contributed by atoms with Crippen LogP contribution in [0.2, 0.25) is 0 Å². The molecule has 124 valence electrons. The number of benzene rings is 1. The molecular formula is C15H13N3O6. The van der Waals surface area contributed by atoms with Crippen LogP contribution in [-0.2, 0) is 4.79 Å². The minimum absolute atomic E-state index is 0.0733. The van der Waals surface area contributed by atoms with E-state index in [9.17, 15) is 14.9 Å². The third-order valence-corrected chi connectivity index (χ3v) is 3.24. The van der Waals surface area contributed by atoms with Crippen molar-refractivity contribution in [2.45, 2.75) is 13.0 Å². The number of nitro groups is 1. The second kappa shape index (κ2) is 6.41. The summed E-state index contributed by atoms with van der Waals surface area (Å²) in [7, 11) is 0. The number of fused-ring (bicyclic) bond motifs is 1. The second-order valence-corrected chi connectivity index (χ2v) is 4.90. The molecule has 1 aliphatic rings. The molecule has 1 aliphatic heterocycles. The van der Waals surface area contributed by atoms with Gasteiger partial charge in [0.2, 0.25) is 12.5 Å². The highest BCUT2D eigenvalue weighted by molar-refractivity contribution is 5.94. The predicted octanol–water partition coefficient (Wildman–Crippen LogP) is 2.12. The number of aromatic nitrogens is 1. The van der Waals surface area contributed by atoms with Gasteiger partial charge < -0.3 is 29.6 Å². The molecule has 0 spiro atoms. The molecule has 0 unspecified atom stereocenters. The molecule has 0 aliphatic carbocycles. The van der Waals surface area contributed by atoms with Gasteiger partial charge in [0.1, 0.15) is 6.20 Å². The van der Waals surface area contributed by atoms with Crippen molar-refractivity contribution in [1.29, 1.82) is 0 Å². The van der Waals surface area contributed by atoms with Crippen LogP contribution in [0.15, 0.2) is 36.5 Å². The van der Waals surface area contributed by atoms with Gasteiger partial charge in [-0.15, -0.1) is 0 Å². The first-order valence-electron chi connectivity index (χ1n) is 7.01. The van der Waals surface area contributed by atoms with Crippen molar-refractivity contribution in [1.82, 2.24) is 4.98 Å². The van der Waals surface area contributed by atoms with Crippen LogP contribution in [0, 0.1) is 10.1 Å². The van der Waals surface area contributed by atoms with Gasteiger partial charge in [-0.25, -0.2) is 0 Å². The molecule has 0 fully saturated rings. The number of carbonyl (C=O) groups is 1. The first-order chi connectivity index (χ1) is 11.5. The zero-order chi connectivity index (χ0) is 17.1. The number of nitrogens with one attached hydrogen (secondary N) is 1. The van der Waals surface area contributed by atoms with E-state index in [1.54, 1.807) is 18.2 Å². The summed E-state index contributed by atoms with van der Waals surface area (Å²) in [5, 5.41) is 13.6. The summed E-state index contributed by atoms with van der Waals surface area (Å²) >= 11 is 0. The Kier molecular flexibility index (Phi) is 4.15. The summed E-state index contributed by atoms with van der Waals surface area (Å²) in [5.74, 6) is 0.149. The SMILES string of the molecule is C[C@@H](Oc1cccnc1[N+](=O)[O-])C(=O)Nc1ccc2c(c1)OCO2. The Hall–Kier alpha value is -3.36. The van der Waals surface area contributed by atoms with Gasteiger partial charge in [0.05, 0.1) is 0 Å². The van der Waals surface area contributed by atoms with Gasteiger partial charge in [0, 0.05) is 11.8 Å². The van der Waals surface area contributed by atoms with Crippen LogP contribution in [0.4, 0.5) is 11.5 Å². The monoisotopic (exact) mass is 331 g/mol. The van der Waals surface area contributed by atoms with E-state index >= 15 is 0 Å². The van der Waals surface area contributed by atoms with Crippen molar-refractivity contribution < 1.29 is 23.9 Å². The first kappa shape index (κ1) is 15.5. The lowest BCUT2D eigenvalue weighted by molar-refractivity contribution is -0.390. The van der Waals surface area contributed by atoms with Gasteiger partial charge in [0.15, 0.2) is 17.6 Å². The summed E-state index contributed by atoms with van der Waals surface area (Å²) in [6.45, 7) is 1.62. The molecule has 9 heteroatoms. The maximum atomic E-state index is 12.2. The molecule has 1 aromatic carbocycles. The Balaban J connectivity index is 1.68. The van der Waals surface area contributed by atoms with Gasteiger partial charge in [-0.05, 0) is 41.1 Å². The molecule has 24 heavy (non-hydrogen) atoms. The van der Waals surface area contributed by atoms with Crippen LogP contribution in [0.3, 0.4) is 0 Å². The van der Waals surface area contributed by atoms with Crippen molar-refractivity contribution in [3.63, 3.8) is 0 Å². The number of ether oxygens (including phenoxy) is 3. The van der Waals surface area contributed by atoms with Crippen molar-refractivity contribution >= 4 is 17.4 Å². The third-order valence-electron chi connectivity index (χ3n) is 3.24. The van der Waals surface area contributed by atoms with E-state index in [2.05, 4.69) is 10.3 Å². The van der Waals surface area contributed by atoms with Crippen LogP contribution in [0.5, 0.6) is 17.2 Å². The molecule has 1 N–H and O–H groups in total. The van der Waals surface area contributed by atoms with Crippen LogP contribution in [0.1, 0.15) is 6.92 Å². The van der Waals surface area contributed by atoms with Crippen LogP contribution >= 0.6 is 0 Å². The van der Waals surface area contributed by atoms with Gasteiger partial charge in [-0.2, -0.15) is 0 Å². The molecule has 1 aromatic heterocycles. The smallest absolute Gasteiger partial charge is 0.406 e. The molecule has 3 rings (SSSR count). The van der Waals surface area contributed by atoms with Crippen molar-refractivity contribution in [2.75, 3.05) is 12.1 Å². The predicted molar refractivity (Wildman–Crippen MR) is 82.2 cm³/mol. The fraction of sp³-hybridized carbons (Fsp3) is 0.200. The highest BCUT2D eigenvalue weighted by Crippen LogP contribution is 2.34. The molecule has 1 amide bonds. The fourth-order valence-electron chi connectivity index (χ4n) is 2.07. The number of pyridine rings is 1. The number of rotatable bonds is 5. The largest absolute Gasteiger partial charge is 0.473 e. The molecule has 0 saturated heterocycles. The van der Waals surface area contributed by atoms with Crippen molar-refractivity contribution in [2.24, 2.45) is 0 Å². The van der Waals surface area contributed by atoms with E-state index in [0.29, 0.717) is 17.2 Å². The maximum Gasteiger partial charge on any atom is 0.406 e. The topological polar surface area (TPSA) is 113 Å². The minimum atomic E-state index is -0.960. The quantitative estimate of drug-likeness (QED) is 0.659. The third kappa shape index (κ3) is 3.19. The van der Waals surface area contributed by atoms with E-state index in [1.165, 1.54) is 25.3 Å². The molecule has 2 aromatic rings. The van der Waals surface area contributed by atoms with Crippen LogP contribution in [-0.4, -0.2) is 28.7 Å². The van der Waals surface area contributed by atoms with E-state index in [-0.39, 0.29) is 12.5 Å². The first-order valence-corrected chi connectivity index (χ1v) is 7.01. The highest BCUT2D eigenvalue weighted by atomic mass is 16.7. The van der Waals surface area contributed by atoms with Crippen LogP contribution in [0.25, 0.3) is 0 Å². The molecule has 0 radical (unpaired) electrons. The lowest BCUT2D eigenvalue weighted by Crippen LogP contribution is -2.30. The summed E-state index contributed by atoms with van der Waals surface area (Å²) < 4.78 is 15.8. The normalized spacial score (nSPS) is 13.2. The second-order valence-electron chi connectivity index (χ2n) is 4.90. The molecule has 0 bridgehead atoms. The van der Waals surface area contributed by atoms with E-state index in [1.807, 2.05) is 0 Å². The average molecular weight is 331 g/mol.